The highest BCUT2D eigenvalue weighted by Crippen LogP contribution is 2.07. The first-order valence-corrected chi connectivity index (χ1v) is 6.17. The predicted octanol–water partition coefficient (Wildman–Crippen LogP) is 1.72. The molecule has 1 rings (SSSR count). The summed E-state index contributed by atoms with van der Waals surface area (Å²) in [6, 6.07) is 6.02. The minimum atomic E-state index is -0.604. The van der Waals surface area contributed by atoms with Crippen LogP contribution in [-0.2, 0) is 4.79 Å². The summed E-state index contributed by atoms with van der Waals surface area (Å²) in [6.07, 6.45) is 0. The van der Waals surface area contributed by atoms with Gasteiger partial charge in [-0.05, 0) is 45.9 Å². The van der Waals surface area contributed by atoms with E-state index < -0.39 is 6.04 Å². The van der Waals surface area contributed by atoms with Crippen molar-refractivity contribution in [1.82, 2.24) is 10.6 Å². The Morgan fingerprint density at radius 3 is 2.35 bits per heavy atom. The molecule has 0 saturated heterocycles. The lowest BCUT2D eigenvalue weighted by molar-refractivity contribution is -0.124. The topological polar surface area (TPSA) is 84.2 Å². The Labute approximate surface area is 125 Å². The summed E-state index contributed by atoms with van der Waals surface area (Å²) in [7, 11) is 0. The van der Waals surface area contributed by atoms with Crippen LogP contribution in [0, 0.1) is 0 Å². The molecule has 0 aliphatic rings. The molecule has 0 spiro atoms. The van der Waals surface area contributed by atoms with E-state index in [2.05, 4.69) is 10.6 Å². The van der Waals surface area contributed by atoms with Crippen LogP contribution in [0.3, 0.4) is 0 Å². The molecule has 0 fully saturated rings. The van der Waals surface area contributed by atoms with E-state index in [9.17, 15) is 9.59 Å². The minimum Gasteiger partial charge on any atom is -0.399 e. The van der Waals surface area contributed by atoms with E-state index in [1.165, 1.54) is 0 Å². The summed E-state index contributed by atoms with van der Waals surface area (Å²) in [4.78, 5) is 23.8. The van der Waals surface area contributed by atoms with Crippen LogP contribution in [-0.4, -0.2) is 23.4 Å². The molecule has 0 aromatic heterocycles. The number of benzene rings is 1. The highest BCUT2D eigenvalue weighted by atomic mass is 35.5. The van der Waals surface area contributed by atoms with Crippen molar-refractivity contribution < 1.29 is 9.59 Å². The van der Waals surface area contributed by atoms with Crippen LogP contribution in [0.1, 0.15) is 38.1 Å². The number of nitrogens with one attached hydrogen (secondary N) is 2. The highest BCUT2D eigenvalue weighted by molar-refractivity contribution is 5.98. The van der Waals surface area contributed by atoms with Gasteiger partial charge in [0.1, 0.15) is 6.04 Å². The van der Waals surface area contributed by atoms with Crippen molar-refractivity contribution >= 4 is 29.9 Å². The van der Waals surface area contributed by atoms with Crippen LogP contribution in [0.5, 0.6) is 0 Å². The average molecular weight is 300 g/mol. The minimum absolute atomic E-state index is 0. The normalized spacial score (nSPS) is 12.0. The number of hydrogen-bond acceptors (Lipinski definition) is 3. The molecular formula is C14H22ClN3O2. The van der Waals surface area contributed by atoms with Gasteiger partial charge in [0.05, 0.1) is 0 Å². The smallest absolute Gasteiger partial charge is 0.251 e. The van der Waals surface area contributed by atoms with Gasteiger partial charge in [0.15, 0.2) is 0 Å². The van der Waals surface area contributed by atoms with Crippen molar-refractivity contribution in [3.05, 3.63) is 29.8 Å². The largest absolute Gasteiger partial charge is 0.399 e. The van der Waals surface area contributed by atoms with Gasteiger partial charge in [-0.1, -0.05) is 6.07 Å². The molecule has 5 nitrogen and oxygen atoms in total. The molecule has 0 saturated carbocycles. The lowest BCUT2D eigenvalue weighted by Gasteiger charge is -2.23. The molecule has 0 aliphatic carbocycles. The first-order chi connectivity index (χ1) is 8.69. The monoisotopic (exact) mass is 299 g/mol. The van der Waals surface area contributed by atoms with E-state index in [1.54, 1.807) is 31.2 Å². The van der Waals surface area contributed by atoms with E-state index in [1.807, 2.05) is 20.8 Å². The Morgan fingerprint density at radius 1 is 1.25 bits per heavy atom. The summed E-state index contributed by atoms with van der Waals surface area (Å²) in [5, 5.41) is 5.45. The highest BCUT2D eigenvalue weighted by Gasteiger charge is 2.21. The predicted molar refractivity (Wildman–Crippen MR) is 82.9 cm³/mol. The van der Waals surface area contributed by atoms with Crippen LogP contribution >= 0.6 is 12.4 Å². The van der Waals surface area contributed by atoms with E-state index in [0.29, 0.717) is 11.3 Å². The second-order valence-corrected chi connectivity index (χ2v) is 5.56. The fourth-order valence-electron chi connectivity index (χ4n) is 1.50. The zero-order chi connectivity index (χ0) is 14.6. The van der Waals surface area contributed by atoms with Crippen molar-refractivity contribution in [1.29, 1.82) is 0 Å². The molecule has 20 heavy (non-hydrogen) atoms. The molecule has 4 N–H and O–H groups in total. The molecule has 1 unspecified atom stereocenters. The first-order valence-electron chi connectivity index (χ1n) is 6.17. The molecule has 1 atom stereocenters. The van der Waals surface area contributed by atoms with Gasteiger partial charge >= 0.3 is 0 Å². The third kappa shape index (κ3) is 5.93. The van der Waals surface area contributed by atoms with Crippen LogP contribution in [0.2, 0.25) is 0 Å². The van der Waals surface area contributed by atoms with Crippen molar-refractivity contribution in [2.75, 3.05) is 5.73 Å². The summed E-state index contributed by atoms with van der Waals surface area (Å²) in [5.41, 5.74) is 6.24. The Hall–Kier alpha value is -1.75. The number of carbonyl (C=O) groups is 2. The molecule has 6 heteroatoms. The van der Waals surface area contributed by atoms with Gasteiger partial charge in [0.25, 0.3) is 5.91 Å². The van der Waals surface area contributed by atoms with Gasteiger partial charge < -0.3 is 16.4 Å². The Balaban J connectivity index is 0.00000361. The molecule has 0 heterocycles. The second-order valence-electron chi connectivity index (χ2n) is 5.56. The van der Waals surface area contributed by atoms with Crippen LogP contribution in [0.15, 0.2) is 24.3 Å². The van der Waals surface area contributed by atoms with Gasteiger partial charge in [0, 0.05) is 16.8 Å². The van der Waals surface area contributed by atoms with Crippen molar-refractivity contribution in [2.24, 2.45) is 0 Å². The average Bonchev–Trinajstić information content (AvgIpc) is 2.26. The van der Waals surface area contributed by atoms with Crippen molar-refractivity contribution in [3.8, 4) is 0 Å². The Bertz CT molecular complexity index is 484. The molecule has 1 aromatic carbocycles. The summed E-state index contributed by atoms with van der Waals surface area (Å²) in [6.45, 7) is 7.30. The molecular weight excluding hydrogens is 278 g/mol. The number of rotatable bonds is 3. The van der Waals surface area contributed by atoms with Crippen LogP contribution in [0.25, 0.3) is 0 Å². The number of nitrogens with two attached hydrogens (primary N) is 1. The van der Waals surface area contributed by atoms with Gasteiger partial charge in [-0.25, -0.2) is 0 Å². The van der Waals surface area contributed by atoms with Gasteiger partial charge in [-0.15, -0.1) is 12.4 Å². The third-order valence-electron chi connectivity index (χ3n) is 2.39. The Kier molecular flexibility index (Phi) is 6.52. The van der Waals surface area contributed by atoms with Gasteiger partial charge in [-0.2, -0.15) is 0 Å². The molecule has 0 bridgehead atoms. The van der Waals surface area contributed by atoms with E-state index in [0.717, 1.165) is 0 Å². The SMILES string of the molecule is CC(NC(=O)c1cccc(N)c1)C(=O)NC(C)(C)C.Cl. The maximum absolute atomic E-state index is 11.9. The lowest BCUT2D eigenvalue weighted by Crippen LogP contribution is -2.50. The number of carbonyl (C=O) groups excluding carboxylic acids is 2. The standard InChI is InChI=1S/C14H21N3O2.ClH/c1-9(12(18)17-14(2,3)4)16-13(19)10-6-5-7-11(15)8-10;/h5-9H,15H2,1-4H3,(H,16,19)(H,17,18);1H. The zero-order valence-corrected chi connectivity index (χ0v) is 13.0. The van der Waals surface area contributed by atoms with Gasteiger partial charge in [-0.3, -0.25) is 9.59 Å². The van der Waals surface area contributed by atoms with Crippen LogP contribution < -0.4 is 16.4 Å². The summed E-state index contributed by atoms with van der Waals surface area (Å²) >= 11 is 0. The van der Waals surface area contributed by atoms with E-state index >= 15 is 0 Å². The second kappa shape index (κ2) is 7.14. The molecule has 1 aromatic rings. The Morgan fingerprint density at radius 2 is 1.85 bits per heavy atom. The molecule has 112 valence electrons. The van der Waals surface area contributed by atoms with Crippen molar-refractivity contribution in [3.63, 3.8) is 0 Å². The molecule has 0 radical (unpaired) electrons. The summed E-state index contributed by atoms with van der Waals surface area (Å²) in [5.74, 6) is -0.534. The van der Waals surface area contributed by atoms with Gasteiger partial charge in [0.2, 0.25) is 5.91 Å². The van der Waals surface area contributed by atoms with E-state index in [4.69, 9.17) is 5.73 Å². The van der Waals surface area contributed by atoms with Crippen LogP contribution in [0.4, 0.5) is 5.69 Å². The summed E-state index contributed by atoms with van der Waals surface area (Å²) < 4.78 is 0. The number of halogens is 1. The third-order valence-corrected chi connectivity index (χ3v) is 2.39. The maximum Gasteiger partial charge on any atom is 0.251 e. The fraction of sp³-hybridized carbons (Fsp3) is 0.429. The quantitative estimate of drug-likeness (QED) is 0.743. The number of amides is 2. The zero-order valence-electron chi connectivity index (χ0n) is 12.2. The molecule has 0 aliphatic heterocycles. The van der Waals surface area contributed by atoms with Crippen molar-refractivity contribution in [2.45, 2.75) is 39.3 Å². The van der Waals surface area contributed by atoms with E-state index in [-0.39, 0.29) is 29.8 Å². The maximum atomic E-state index is 11.9. The first kappa shape index (κ1) is 18.2. The molecule has 2 amide bonds. The number of anilines is 1. The number of hydrogen-bond donors (Lipinski definition) is 3. The fourth-order valence-corrected chi connectivity index (χ4v) is 1.50. The lowest BCUT2D eigenvalue weighted by atomic mass is 10.1. The number of nitrogen functional groups attached to an aromatic ring is 1.